The zero-order valence-corrected chi connectivity index (χ0v) is 14.1. The van der Waals surface area contributed by atoms with E-state index in [4.69, 9.17) is 0 Å². The van der Waals surface area contributed by atoms with Crippen LogP contribution in [0.5, 0.6) is 0 Å². The number of carbonyl (C=O) groups excluding carboxylic acids is 3. The third-order valence-corrected chi connectivity index (χ3v) is 3.92. The number of rotatable bonds is 4. The van der Waals surface area contributed by atoms with Crippen molar-refractivity contribution in [1.82, 2.24) is 10.2 Å². The van der Waals surface area contributed by atoms with E-state index >= 15 is 0 Å². The van der Waals surface area contributed by atoms with Crippen molar-refractivity contribution in [3.8, 4) is 0 Å². The Morgan fingerprint density at radius 1 is 1.29 bits per heavy atom. The number of hydrogen-bond donors (Lipinski definition) is 1. The second-order valence-electron chi connectivity index (χ2n) is 5.96. The summed E-state index contributed by atoms with van der Waals surface area (Å²) >= 11 is 0. The van der Waals surface area contributed by atoms with E-state index in [1.807, 2.05) is 13.8 Å². The van der Waals surface area contributed by atoms with Crippen molar-refractivity contribution < 1.29 is 19.1 Å². The fourth-order valence-electron chi connectivity index (χ4n) is 2.71. The molecule has 0 aromatic heterocycles. The molecule has 2 amide bonds. The lowest BCUT2D eigenvalue weighted by Gasteiger charge is -2.36. The molecule has 1 saturated heterocycles. The number of nitrogens with zero attached hydrogens (tertiary/aromatic N) is 1. The van der Waals surface area contributed by atoms with Crippen LogP contribution < -0.4 is 5.32 Å². The molecule has 128 valence electrons. The predicted molar refractivity (Wildman–Crippen MR) is 90.2 cm³/mol. The zero-order valence-electron chi connectivity index (χ0n) is 14.1. The number of piperazine rings is 1. The molecule has 1 aromatic carbocycles. The smallest absolute Gasteiger partial charge is 0.337 e. The molecule has 2 rings (SSSR count). The summed E-state index contributed by atoms with van der Waals surface area (Å²) < 4.78 is 4.64. The van der Waals surface area contributed by atoms with Crippen LogP contribution in [0.1, 0.15) is 29.8 Å². The molecule has 0 saturated carbocycles. The predicted octanol–water partition coefficient (Wildman–Crippen LogP) is 1.47. The Hall–Kier alpha value is -2.63. The summed E-state index contributed by atoms with van der Waals surface area (Å²) in [6.45, 7) is 4.81. The number of hydrogen-bond acceptors (Lipinski definition) is 4. The standard InChI is InChI=1S/C18H22N2O4/c1-12(2)16-17(22)19-10-11-20(16)15(21)9-6-13-4-7-14(8-5-13)18(23)24-3/h4-9,12,16H,10-11H2,1-3H3,(H,19,22)/b9-6+/t16-/m1/s1. The highest BCUT2D eigenvalue weighted by Gasteiger charge is 2.34. The van der Waals surface area contributed by atoms with Gasteiger partial charge in [-0.1, -0.05) is 26.0 Å². The molecule has 1 aliphatic rings. The lowest BCUT2D eigenvalue weighted by atomic mass is 9.99. The third-order valence-electron chi connectivity index (χ3n) is 3.92. The molecule has 24 heavy (non-hydrogen) atoms. The lowest BCUT2D eigenvalue weighted by Crippen LogP contribution is -2.58. The van der Waals surface area contributed by atoms with Gasteiger partial charge < -0.3 is 15.0 Å². The Labute approximate surface area is 141 Å². The molecule has 6 heteroatoms. The van der Waals surface area contributed by atoms with Gasteiger partial charge >= 0.3 is 5.97 Å². The third kappa shape index (κ3) is 4.01. The van der Waals surface area contributed by atoms with Crippen LogP contribution in [0.3, 0.4) is 0 Å². The van der Waals surface area contributed by atoms with Gasteiger partial charge in [-0.2, -0.15) is 0 Å². The summed E-state index contributed by atoms with van der Waals surface area (Å²) in [5, 5.41) is 2.79. The maximum atomic E-state index is 12.4. The van der Waals surface area contributed by atoms with Crippen LogP contribution in [0.2, 0.25) is 0 Å². The first-order valence-corrected chi connectivity index (χ1v) is 7.89. The summed E-state index contributed by atoms with van der Waals surface area (Å²) in [5.74, 6) is -0.663. The van der Waals surface area contributed by atoms with Gasteiger partial charge in [-0.05, 0) is 29.7 Å². The fourth-order valence-corrected chi connectivity index (χ4v) is 2.71. The Morgan fingerprint density at radius 2 is 1.96 bits per heavy atom. The van der Waals surface area contributed by atoms with E-state index in [0.717, 1.165) is 5.56 Å². The van der Waals surface area contributed by atoms with Crippen LogP contribution in [-0.2, 0) is 14.3 Å². The van der Waals surface area contributed by atoms with Gasteiger partial charge in [0.2, 0.25) is 11.8 Å². The first kappa shape index (κ1) is 17.7. The highest BCUT2D eigenvalue weighted by molar-refractivity contribution is 5.96. The summed E-state index contributed by atoms with van der Waals surface area (Å²) in [6, 6.07) is 6.30. The number of nitrogens with one attached hydrogen (secondary N) is 1. The summed E-state index contributed by atoms with van der Waals surface area (Å²) in [6.07, 6.45) is 3.13. The van der Waals surface area contributed by atoms with Crippen LogP contribution >= 0.6 is 0 Å². The van der Waals surface area contributed by atoms with E-state index < -0.39 is 12.0 Å². The van der Waals surface area contributed by atoms with E-state index in [9.17, 15) is 14.4 Å². The van der Waals surface area contributed by atoms with Gasteiger partial charge in [-0.3, -0.25) is 9.59 Å². The molecule has 1 aliphatic heterocycles. The van der Waals surface area contributed by atoms with Gasteiger partial charge in [0, 0.05) is 19.2 Å². The van der Waals surface area contributed by atoms with Gasteiger partial charge in [0.05, 0.1) is 12.7 Å². The van der Waals surface area contributed by atoms with Crippen molar-refractivity contribution in [2.45, 2.75) is 19.9 Å². The van der Waals surface area contributed by atoms with Crippen molar-refractivity contribution in [2.75, 3.05) is 20.2 Å². The number of esters is 1. The minimum Gasteiger partial charge on any atom is -0.465 e. The average Bonchev–Trinajstić information content (AvgIpc) is 2.58. The first-order chi connectivity index (χ1) is 11.4. The van der Waals surface area contributed by atoms with Crippen molar-refractivity contribution in [3.05, 3.63) is 41.5 Å². The van der Waals surface area contributed by atoms with Crippen LogP contribution in [0, 0.1) is 5.92 Å². The molecule has 0 bridgehead atoms. The molecule has 1 fully saturated rings. The van der Waals surface area contributed by atoms with E-state index in [0.29, 0.717) is 18.7 Å². The van der Waals surface area contributed by atoms with Gasteiger partial charge in [-0.25, -0.2) is 4.79 Å². The Kier molecular flexibility index (Phi) is 5.73. The van der Waals surface area contributed by atoms with Gasteiger partial charge in [0.15, 0.2) is 0 Å². The minimum atomic E-state index is -0.447. The SMILES string of the molecule is COC(=O)c1ccc(/C=C/C(=O)N2CCNC(=O)[C@H]2C(C)C)cc1. The minimum absolute atomic E-state index is 0.0435. The highest BCUT2D eigenvalue weighted by atomic mass is 16.5. The van der Waals surface area contributed by atoms with Gasteiger partial charge in [0.1, 0.15) is 6.04 Å². The Morgan fingerprint density at radius 3 is 2.54 bits per heavy atom. The number of ether oxygens (including phenoxy) is 1. The van der Waals surface area contributed by atoms with Crippen molar-refractivity contribution in [2.24, 2.45) is 5.92 Å². The molecule has 1 atom stereocenters. The zero-order chi connectivity index (χ0) is 17.7. The van der Waals surface area contributed by atoms with E-state index in [-0.39, 0.29) is 17.7 Å². The van der Waals surface area contributed by atoms with Crippen molar-refractivity contribution in [3.63, 3.8) is 0 Å². The van der Waals surface area contributed by atoms with E-state index in [2.05, 4.69) is 10.1 Å². The molecule has 0 aliphatic carbocycles. The normalized spacial score (nSPS) is 17.9. The summed E-state index contributed by atoms with van der Waals surface area (Å²) in [5.41, 5.74) is 1.24. The molecule has 6 nitrogen and oxygen atoms in total. The van der Waals surface area contributed by atoms with Gasteiger partial charge in [-0.15, -0.1) is 0 Å². The van der Waals surface area contributed by atoms with Crippen molar-refractivity contribution >= 4 is 23.9 Å². The largest absolute Gasteiger partial charge is 0.465 e. The van der Waals surface area contributed by atoms with Crippen LogP contribution in [0.4, 0.5) is 0 Å². The second kappa shape index (κ2) is 7.77. The van der Waals surface area contributed by atoms with E-state index in [1.54, 1.807) is 35.2 Å². The van der Waals surface area contributed by atoms with Gasteiger partial charge in [0.25, 0.3) is 0 Å². The molecular weight excluding hydrogens is 308 g/mol. The maximum Gasteiger partial charge on any atom is 0.337 e. The average molecular weight is 330 g/mol. The molecule has 0 unspecified atom stereocenters. The molecule has 0 spiro atoms. The van der Waals surface area contributed by atoms with E-state index in [1.165, 1.54) is 13.2 Å². The number of methoxy groups -OCH3 is 1. The Balaban J connectivity index is 2.08. The number of amides is 2. The number of benzene rings is 1. The fraction of sp³-hybridized carbons (Fsp3) is 0.389. The quantitative estimate of drug-likeness (QED) is 0.670. The first-order valence-electron chi connectivity index (χ1n) is 7.89. The Bertz CT molecular complexity index is 649. The number of carbonyl (C=O) groups is 3. The summed E-state index contributed by atoms with van der Waals surface area (Å²) in [7, 11) is 1.33. The highest BCUT2D eigenvalue weighted by Crippen LogP contribution is 2.15. The maximum absolute atomic E-state index is 12.4. The van der Waals surface area contributed by atoms with Crippen LogP contribution in [-0.4, -0.2) is 48.9 Å². The molecule has 1 aromatic rings. The van der Waals surface area contributed by atoms with Crippen molar-refractivity contribution in [1.29, 1.82) is 0 Å². The van der Waals surface area contributed by atoms with Crippen LogP contribution in [0.25, 0.3) is 6.08 Å². The lowest BCUT2D eigenvalue weighted by molar-refractivity contribution is -0.141. The van der Waals surface area contributed by atoms with Crippen LogP contribution in [0.15, 0.2) is 30.3 Å². The topological polar surface area (TPSA) is 75.7 Å². The summed E-state index contributed by atoms with van der Waals surface area (Å²) in [4.78, 5) is 37.4. The molecule has 1 heterocycles. The molecule has 0 radical (unpaired) electrons. The molecule has 1 N–H and O–H groups in total. The monoisotopic (exact) mass is 330 g/mol. The molecular formula is C18H22N2O4. The second-order valence-corrected chi connectivity index (χ2v) is 5.96.